The van der Waals surface area contributed by atoms with Gasteiger partial charge in [0.1, 0.15) is 17.4 Å². The van der Waals surface area contributed by atoms with Crippen LogP contribution in [0.2, 0.25) is 0 Å². The first-order chi connectivity index (χ1) is 7.11. The van der Waals surface area contributed by atoms with Gasteiger partial charge in [-0.05, 0) is 6.92 Å². The number of benzene rings is 1. The molecule has 2 N–H and O–H groups in total. The summed E-state index contributed by atoms with van der Waals surface area (Å²) in [6.45, 7) is 1.80. The molecule has 1 aromatic carbocycles. The zero-order valence-electron chi connectivity index (χ0n) is 8.45. The number of anilines is 1. The highest BCUT2D eigenvalue weighted by molar-refractivity contribution is 5.76. The molecule has 4 nitrogen and oxygen atoms in total. The summed E-state index contributed by atoms with van der Waals surface area (Å²) >= 11 is 0. The van der Waals surface area contributed by atoms with E-state index >= 15 is 0 Å². The van der Waals surface area contributed by atoms with Gasteiger partial charge in [-0.15, -0.1) is 0 Å². The molecule has 5 heteroatoms. The van der Waals surface area contributed by atoms with Gasteiger partial charge in [0.15, 0.2) is 5.58 Å². The maximum absolute atomic E-state index is 13.1. The molecule has 0 aliphatic carbocycles. The van der Waals surface area contributed by atoms with E-state index in [1.54, 1.807) is 14.0 Å². The highest BCUT2D eigenvalue weighted by Gasteiger charge is 2.14. The minimum Gasteiger partial charge on any atom is -0.438 e. The average Bonchev–Trinajstić information content (AvgIpc) is 2.60. The molecule has 1 heterocycles. The zero-order chi connectivity index (χ0) is 11.0. The van der Waals surface area contributed by atoms with E-state index in [0.29, 0.717) is 17.0 Å². The van der Waals surface area contributed by atoms with E-state index < -0.39 is 5.82 Å². The first kappa shape index (κ1) is 9.92. The third-order valence-electron chi connectivity index (χ3n) is 2.22. The standard InChI is InChI=1S/C10H11FN2O2/c1-5(14-2)10-13-8-3-6(11)7(12)4-9(8)15-10/h3-5H,12H2,1-2H3. The number of nitrogens with two attached hydrogens (primary N) is 1. The van der Waals surface area contributed by atoms with Crippen LogP contribution in [0.15, 0.2) is 16.5 Å². The van der Waals surface area contributed by atoms with Crippen LogP contribution in [0.25, 0.3) is 11.1 Å². The summed E-state index contributed by atoms with van der Waals surface area (Å²) in [5.74, 6) is -0.0788. The molecule has 1 unspecified atom stereocenters. The van der Waals surface area contributed by atoms with Gasteiger partial charge in [-0.1, -0.05) is 0 Å². The smallest absolute Gasteiger partial charge is 0.224 e. The Labute approximate surface area is 85.8 Å². The second-order valence-corrected chi connectivity index (χ2v) is 3.27. The second-order valence-electron chi connectivity index (χ2n) is 3.27. The highest BCUT2D eigenvalue weighted by atomic mass is 19.1. The fraction of sp³-hybridized carbons (Fsp3) is 0.300. The zero-order valence-corrected chi connectivity index (χ0v) is 8.45. The van der Waals surface area contributed by atoms with Crippen molar-refractivity contribution in [3.63, 3.8) is 0 Å². The van der Waals surface area contributed by atoms with Crippen LogP contribution in [0.3, 0.4) is 0 Å². The largest absolute Gasteiger partial charge is 0.438 e. The Bertz CT molecular complexity index is 456. The summed E-state index contributed by atoms with van der Waals surface area (Å²) in [7, 11) is 1.55. The van der Waals surface area contributed by atoms with Gasteiger partial charge in [0.05, 0.1) is 5.69 Å². The Balaban J connectivity index is 2.56. The summed E-state index contributed by atoms with van der Waals surface area (Å²) in [6, 6.07) is 2.67. The molecule has 0 radical (unpaired) electrons. The Morgan fingerprint density at radius 1 is 1.53 bits per heavy atom. The van der Waals surface area contributed by atoms with Crippen molar-refractivity contribution in [3.05, 3.63) is 23.8 Å². The number of hydrogen-bond acceptors (Lipinski definition) is 4. The molecule has 0 saturated heterocycles. The fourth-order valence-electron chi connectivity index (χ4n) is 1.26. The minimum atomic E-state index is -0.493. The molecular weight excluding hydrogens is 199 g/mol. The van der Waals surface area contributed by atoms with Crippen LogP contribution in [0.1, 0.15) is 18.9 Å². The third-order valence-corrected chi connectivity index (χ3v) is 2.22. The van der Waals surface area contributed by atoms with Crippen LogP contribution in [0.5, 0.6) is 0 Å². The Hall–Kier alpha value is -1.62. The van der Waals surface area contributed by atoms with E-state index in [1.807, 2.05) is 0 Å². The first-order valence-corrected chi connectivity index (χ1v) is 4.50. The van der Waals surface area contributed by atoms with E-state index in [9.17, 15) is 4.39 Å². The summed E-state index contributed by atoms with van der Waals surface area (Å²) in [6.07, 6.45) is -0.262. The molecule has 0 amide bonds. The molecule has 0 fully saturated rings. The summed E-state index contributed by atoms with van der Waals surface area (Å²) in [5.41, 5.74) is 6.37. The van der Waals surface area contributed by atoms with Crippen LogP contribution in [-0.4, -0.2) is 12.1 Å². The number of hydrogen-bond donors (Lipinski definition) is 1. The van der Waals surface area contributed by atoms with E-state index in [4.69, 9.17) is 14.9 Å². The van der Waals surface area contributed by atoms with E-state index in [1.165, 1.54) is 12.1 Å². The molecular formula is C10H11FN2O2. The molecule has 0 aliphatic heterocycles. The fourth-order valence-corrected chi connectivity index (χ4v) is 1.26. The van der Waals surface area contributed by atoms with Crippen molar-refractivity contribution in [3.8, 4) is 0 Å². The quantitative estimate of drug-likeness (QED) is 0.772. The number of methoxy groups -OCH3 is 1. The molecule has 0 saturated carbocycles. The number of rotatable bonds is 2. The predicted octanol–water partition coefficient (Wildman–Crippen LogP) is 2.26. The second kappa shape index (κ2) is 3.51. The van der Waals surface area contributed by atoms with E-state index in [0.717, 1.165) is 0 Å². The van der Waals surface area contributed by atoms with Gasteiger partial charge in [-0.2, -0.15) is 0 Å². The Morgan fingerprint density at radius 2 is 2.27 bits per heavy atom. The predicted molar refractivity (Wildman–Crippen MR) is 53.8 cm³/mol. The van der Waals surface area contributed by atoms with Crippen molar-refractivity contribution in [1.29, 1.82) is 0 Å². The van der Waals surface area contributed by atoms with Crippen molar-refractivity contribution in [2.24, 2.45) is 0 Å². The number of fused-ring (bicyclic) bond motifs is 1. The van der Waals surface area contributed by atoms with Gasteiger partial charge in [0.25, 0.3) is 0 Å². The number of oxazole rings is 1. The lowest BCUT2D eigenvalue weighted by Crippen LogP contribution is -1.94. The van der Waals surface area contributed by atoms with Gasteiger partial charge in [-0.25, -0.2) is 9.37 Å². The third kappa shape index (κ3) is 1.66. The molecule has 80 valence electrons. The topological polar surface area (TPSA) is 61.3 Å². The first-order valence-electron chi connectivity index (χ1n) is 4.50. The van der Waals surface area contributed by atoms with Gasteiger partial charge in [-0.3, -0.25) is 0 Å². The molecule has 1 atom stereocenters. The van der Waals surface area contributed by atoms with E-state index in [2.05, 4.69) is 4.98 Å². The van der Waals surface area contributed by atoms with Crippen LogP contribution in [0.4, 0.5) is 10.1 Å². The lowest BCUT2D eigenvalue weighted by Gasteiger charge is -2.01. The lowest BCUT2D eigenvalue weighted by molar-refractivity contribution is 0.0964. The highest BCUT2D eigenvalue weighted by Crippen LogP contribution is 2.25. The van der Waals surface area contributed by atoms with E-state index in [-0.39, 0.29) is 11.8 Å². The molecule has 15 heavy (non-hydrogen) atoms. The van der Waals surface area contributed by atoms with Crippen LogP contribution < -0.4 is 5.73 Å². The molecule has 0 spiro atoms. The molecule has 1 aromatic heterocycles. The van der Waals surface area contributed by atoms with Crippen molar-refractivity contribution in [2.75, 3.05) is 12.8 Å². The van der Waals surface area contributed by atoms with Crippen LogP contribution in [0, 0.1) is 5.82 Å². The summed E-state index contributed by atoms with van der Waals surface area (Å²) in [4.78, 5) is 4.10. The average molecular weight is 210 g/mol. The van der Waals surface area contributed by atoms with Crippen molar-refractivity contribution < 1.29 is 13.5 Å². The summed E-state index contributed by atoms with van der Waals surface area (Å²) < 4.78 is 23.5. The number of nitrogen functional groups attached to an aromatic ring is 1. The maximum Gasteiger partial charge on any atom is 0.224 e. The molecule has 2 rings (SSSR count). The number of halogens is 1. The van der Waals surface area contributed by atoms with Gasteiger partial charge < -0.3 is 14.9 Å². The number of aromatic nitrogens is 1. The van der Waals surface area contributed by atoms with Crippen molar-refractivity contribution in [2.45, 2.75) is 13.0 Å². The van der Waals surface area contributed by atoms with Crippen LogP contribution in [-0.2, 0) is 4.74 Å². The Kier molecular flexibility index (Phi) is 2.32. The monoisotopic (exact) mass is 210 g/mol. The maximum atomic E-state index is 13.1. The van der Waals surface area contributed by atoms with Crippen LogP contribution >= 0.6 is 0 Å². The SMILES string of the molecule is COC(C)c1nc2cc(F)c(N)cc2o1. The van der Waals surface area contributed by atoms with Crippen molar-refractivity contribution in [1.82, 2.24) is 4.98 Å². The molecule has 2 aromatic rings. The number of ether oxygens (including phenoxy) is 1. The molecule has 0 aliphatic rings. The Morgan fingerprint density at radius 3 is 2.93 bits per heavy atom. The van der Waals surface area contributed by atoms with Gasteiger partial charge in [0, 0.05) is 19.2 Å². The van der Waals surface area contributed by atoms with Crippen molar-refractivity contribution >= 4 is 16.8 Å². The lowest BCUT2D eigenvalue weighted by atomic mass is 10.3. The minimum absolute atomic E-state index is 0.0512. The molecule has 0 bridgehead atoms. The normalized spacial score (nSPS) is 13.3. The summed E-state index contributed by atoms with van der Waals surface area (Å²) in [5, 5.41) is 0. The van der Waals surface area contributed by atoms with Gasteiger partial charge in [0.2, 0.25) is 5.89 Å². The number of nitrogens with zero attached hydrogens (tertiary/aromatic N) is 1. The van der Waals surface area contributed by atoms with Gasteiger partial charge >= 0.3 is 0 Å².